The Balaban J connectivity index is 1.93. The summed E-state index contributed by atoms with van der Waals surface area (Å²) in [6.45, 7) is 4.31. The molecule has 2 aromatic rings. The number of nitrogens with one attached hydrogen (secondary N) is 2. The van der Waals surface area contributed by atoms with Gasteiger partial charge in [0, 0.05) is 31.0 Å². The van der Waals surface area contributed by atoms with Crippen LogP contribution in [0.25, 0.3) is 11.0 Å². The van der Waals surface area contributed by atoms with Crippen molar-refractivity contribution < 1.29 is 14.0 Å². The summed E-state index contributed by atoms with van der Waals surface area (Å²) >= 11 is 0. The van der Waals surface area contributed by atoms with Gasteiger partial charge in [0.15, 0.2) is 0 Å². The fourth-order valence-electron chi connectivity index (χ4n) is 2.01. The molecule has 1 aromatic heterocycles. The Morgan fingerprint density at radius 2 is 1.95 bits per heavy atom. The molecule has 1 heterocycles. The van der Waals surface area contributed by atoms with Gasteiger partial charge < -0.3 is 15.1 Å². The summed E-state index contributed by atoms with van der Waals surface area (Å²) in [4.78, 5) is 22.5. The number of carbonyl (C=O) groups excluding carboxylic acids is 2. The lowest BCUT2D eigenvalue weighted by Gasteiger charge is -2.05. The van der Waals surface area contributed by atoms with Gasteiger partial charge in [0.2, 0.25) is 11.8 Å². The van der Waals surface area contributed by atoms with Crippen LogP contribution in [0, 0.1) is 6.92 Å². The Morgan fingerprint density at radius 3 is 2.70 bits per heavy atom. The minimum Gasteiger partial charge on any atom is -0.464 e. The number of rotatable bonds is 5. The zero-order valence-corrected chi connectivity index (χ0v) is 11.7. The van der Waals surface area contributed by atoms with E-state index in [1.807, 2.05) is 25.1 Å². The molecular formula is C15H18N2O3. The Morgan fingerprint density at radius 1 is 1.20 bits per heavy atom. The van der Waals surface area contributed by atoms with E-state index >= 15 is 0 Å². The van der Waals surface area contributed by atoms with Crippen LogP contribution in [0.3, 0.4) is 0 Å². The smallest absolute Gasteiger partial charge is 0.224 e. The van der Waals surface area contributed by atoms with Crippen molar-refractivity contribution in [1.29, 1.82) is 0 Å². The molecule has 0 bridgehead atoms. The van der Waals surface area contributed by atoms with Crippen LogP contribution >= 0.6 is 0 Å². The molecule has 5 nitrogen and oxygen atoms in total. The summed E-state index contributed by atoms with van der Waals surface area (Å²) in [6.07, 6.45) is 1.90. The average Bonchev–Trinajstić information content (AvgIpc) is 2.77. The number of furan rings is 1. The van der Waals surface area contributed by atoms with Gasteiger partial charge in [-0.15, -0.1) is 0 Å². The van der Waals surface area contributed by atoms with E-state index in [1.165, 1.54) is 6.92 Å². The van der Waals surface area contributed by atoms with Crippen molar-refractivity contribution in [2.75, 3.05) is 13.1 Å². The van der Waals surface area contributed by atoms with Gasteiger partial charge in [-0.05, 0) is 19.1 Å². The molecule has 0 atom stereocenters. The molecule has 0 fully saturated rings. The van der Waals surface area contributed by atoms with Crippen LogP contribution in [0.15, 0.2) is 28.9 Å². The van der Waals surface area contributed by atoms with Crippen LogP contribution in [0.5, 0.6) is 0 Å². The molecule has 2 N–H and O–H groups in total. The maximum absolute atomic E-state index is 11.8. The van der Waals surface area contributed by atoms with Gasteiger partial charge in [0.25, 0.3) is 0 Å². The van der Waals surface area contributed by atoms with Gasteiger partial charge in [-0.25, -0.2) is 0 Å². The van der Waals surface area contributed by atoms with Crippen molar-refractivity contribution in [3.63, 3.8) is 0 Å². The first-order valence-electron chi connectivity index (χ1n) is 6.54. The van der Waals surface area contributed by atoms with E-state index in [9.17, 15) is 9.59 Å². The second-order valence-electron chi connectivity index (χ2n) is 4.77. The Bertz CT molecular complexity index is 631. The van der Waals surface area contributed by atoms with Gasteiger partial charge >= 0.3 is 0 Å². The monoisotopic (exact) mass is 274 g/mol. The molecule has 5 heteroatoms. The zero-order valence-electron chi connectivity index (χ0n) is 11.7. The van der Waals surface area contributed by atoms with E-state index in [0.717, 1.165) is 22.1 Å². The molecule has 0 saturated carbocycles. The van der Waals surface area contributed by atoms with E-state index < -0.39 is 0 Å². The third-order valence-electron chi connectivity index (χ3n) is 2.98. The van der Waals surface area contributed by atoms with Crippen LogP contribution in [-0.4, -0.2) is 24.9 Å². The van der Waals surface area contributed by atoms with Crippen molar-refractivity contribution in [2.45, 2.75) is 20.3 Å². The summed E-state index contributed by atoms with van der Waals surface area (Å²) in [5, 5.41) is 6.36. The summed E-state index contributed by atoms with van der Waals surface area (Å²) in [7, 11) is 0. The number of hydrogen-bond acceptors (Lipinski definition) is 3. The van der Waals surface area contributed by atoms with Crippen molar-refractivity contribution in [3.05, 3.63) is 35.6 Å². The van der Waals surface area contributed by atoms with Crippen molar-refractivity contribution >= 4 is 22.8 Å². The third-order valence-corrected chi connectivity index (χ3v) is 2.98. The second kappa shape index (κ2) is 6.23. The molecule has 0 radical (unpaired) electrons. The first-order valence-corrected chi connectivity index (χ1v) is 6.54. The lowest BCUT2D eigenvalue weighted by atomic mass is 10.1. The zero-order chi connectivity index (χ0) is 14.5. The third kappa shape index (κ3) is 3.60. The van der Waals surface area contributed by atoms with E-state index in [0.29, 0.717) is 13.1 Å². The van der Waals surface area contributed by atoms with Gasteiger partial charge in [-0.3, -0.25) is 9.59 Å². The molecule has 1 aromatic carbocycles. The van der Waals surface area contributed by atoms with Crippen molar-refractivity contribution in [1.82, 2.24) is 10.6 Å². The van der Waals surface area contributed by atoms with Gasteiger partial charge in [0.05, 0.1) is 12.7 Å². The molecule has 2 rings (SSSR count). The molecule has 0 unspecified atom stereocenters. The van der Waals surface area contributed by atoms with Crippen LogP contribution < -0.4 is 10.6 Å². The first-order chi connectivity index (χ1) is 9.56. The number of aryl methyl sites for hydroxylation is 1. The summed E-state index contributed by atoms with van der Waals surface area (Å²) in [5.41, 5.74) is 2.79. The van der Waals surface area contributed by atoms with E-state index in [4.69, 9.17) is 4.42 Å². The summed E-state index contributed by atoms with van der Waals surface area (Å²) < 4.78 is 5.43. The largest absolute Gasteiger partial charge is 0.464 e. The minimum absolute atomic E-state index is 0.0837. The highest BCUT2D eigenvalue weighted by atomic mass is 16.3. The fourth-order valence-corrected chi connectivity index (χ4v) is 2.01. The highest BCUT2D eigenvalue weighted by molar-refractivity contribution is 5.88. The molecule has 0 saturated heterocycles. The van der Waals surface area contributed by atoms with Gasteiger partial charge in [-0.2, -0.15) is 0 Å². The van der Waals surface area contributed by atoms with Crippen LogP contribution in [0.2, 0.25) is 0 Å². The molecule has 0 spiro atoms. The van der Waals surface area contributed by atoms with E-state index in [2.05, 4.69) is 10.6 Å². The maximum atomic E-state index is 11.8. The second-order valence-corrected chi connectivity index (χ2v) is 4.77. The van der Waals surface area contributed by atoms with Gasteiger partial charge in [0.1, 0.15) is 5.58 Å². The summed E-state index contributed by atoms with van der Waals surface area (Å²) in [6, 6.07) is 5.89. The molecule has 0 aliphatic rings. The van der Waals surface area contributed by atoms with Crippen molar-refractivity contribution in [3.8, 4) is 0 Å². The first kappa shape index (κ1) is 14.1. The Hall–Kier alpha value is -2.30. The normalized spacial score (nSPS) is 10.5. The average molecular weight is 274 g/mol. The number of fused-ring (bicyclic) bond motifs is 1. The SMILES string of the molecule is CC(=O)NCCNC(=O)Cc1coc2ccc(C)cc12. The number of hydrogen-bond donors (Lipinski definition) is 2. The van der Waals surface area contributed by atoms with Crippen LogP contribution in [0.4, 0.5) is 0 Å². The van der Waals surface area contributed by atoms with E-state index in [-0.39, 0.29) is 18.2 Å². The lowest BCUT2D eigenvalue weighted by molar-refractivity contribution is -0.121. The molecular weight excluding hydrogens is 256 g/mol. The maximum Gasteiger partial charge on any atom is 0.224 e. The van der Waals surface area contributed by atoms with Crippen LogP contribution in [-0.2, 0) is 16.0 Å². The summed E-state index contributed by atoms with van der Waals surface area (Å²) in [5.74, 6) is -0.185. The molecule has 0 aliphatic heterocycles. The quantitative estimate of drug-likeness (QED) is 0.812. The predicted molar refractivity (Wildman–Crippen MR) is 76.3 cm³/mol. The number of benzene rings is 1. The Labute approximate surface area is 117 Å². The highest BCUT2D eigenvalue weighted by Crippen LogP contribution is 2.22. The van der Waals surface area contributed by atoms with Gasteiger partial charge in [-0.1, -0.05) is 11.6 Å². The minimum atomic E-state index is -0.101. The lowest BCUT2D eigenvalue weighted by Crippen LogP contribution is -2.34. The number of carbonyl (C=O) groups is 2. The van der Waals surface area contributed by atoms with Crippen molar-refractivity contribution in [2.24, 2.45) is 0 Å². The molecule has 106 valence electrons. The fraction of sp³-hybridized carbons (Fsp3) is 0.333. The predicted octanol–water partition coefficient (Wildman–Crippen LogP) is 1.54. The number of amides is 2. The van der Waals surface area contributed by atoms with E-state index in [1.54, 1.807) is 6.26 Å². The molecule has 2 amide bonds. The standard InChI is InChI=1S/C15H18N2O3/c1-10-3-4-14-13(7-10)12(9-20-14)8-15(19)17-6-5-16-11(2)18/h3-4,7,9H,5-6,8H2,1-2H3,(H,16,18)(H,17,19). The molecule has 0 aliphatic carbocycles. The topological polar surface area (TPSA) is 71.3 Å². The van der Waals surface area contributed by atoms with Crippen LogP contribution in [0.1, 0.15) is 18.1 Å². The highest BCUT2D eigenvalue weighted by Gasteiger charge is 2.10. The Kier molecular flexibility index (Phi) is 4.40. The molecule has 20 heavy (non-hydrogen) atoms.